The molecule has 142 valence electrons. The highest BCUT2D eigenvalue weighted by Gasteiger charge is 2.47. The number of nitrogens with one attached hydrogen (secondary N) is 2. The molecule has 2 aromatic carbocycles. The molecule has 1 fully saturated rings. The second-order valence-corrected chi connectivity index (χ2v) is 7.77. The molecule has 0 aromatic heterocycles. The molecular weight excluding hydrogens is 336 g/mol. The van der Waals surface area contributed by atoms with Crippen LogP contribution in [0.1, 0.15) is 58.8 Å². The highest BCUT2D eigenvalue weighted by Crippen LogP contribution is 2.49. The van der Waals surface area contributed by atoms with Crippen LogP contribution in [0.2, 0.25) is 0 Å². The van der Waals surface area contributed by atoms with Crippen LogP contribution in [0.5, 0.6) is 5.75 Å². The Labute approximate surface area is 161 Å². The SMILES string of the molecule is CCc1cc2c(c(C3(NC(=O)c4cc(OC)ccc4C)CC3)c1)CCCN2. The summed E-state index contributed by atoms with van der Waals surface area (Å²) in [4.78, 5) is 13.1. The van der Waals surface area contributed by atoms with Crippen LogP contribution in [0, 0.1) is 6.92 Å². The molecule has 4 rings (SSSR count). The van der Waals surface area contributed by atoms with Crippen molar-refractivity contribution < 1.29 is 9.53 Å². The van der Waals surface area contributed by atoms with Crippen molar-refractivity contribution in [1.29, 1.82) is 0 Å². The molecule has 0 atom stereocenters. The van der Waals surface area contributed by atoms with Crippen LogP contribution in [-0.4, -0.2) is 19.6 Å². The first-order valence-electron chi connectivity index (χ1n) is 9.93. The number of aryl methyl sites for hydroxylation is 2. The molecule has 0 spiro atoms. The van der Waals surface area contributed by atoms with Gasteiger partial charge < -0.3 is 15.4 Å². The number of rotatable bonds is 5. The summed E-state index contributed by atoms with van der Waals surface area (Å²) in [5.74, 6) is 0.702. The number of hydrogen-bond donors (Lipinski definition) is 2. The Morgan fingerprint density at radius 2 is 2.07 bits per heavy atom. The lowest BCUT2D eigenvalue weighted by atomic mass is 9.89. The molecule has 1 saturated carbocycles. The van der Waals surface area contributed by atoms with Crippen LogP contribution in [0.25, 0.3) is 0 Å². The zero-order valence-corrected chi connectivity index (χ0v) is 16.4. The summed E-state index contributed by atoms with van der Waals surface area (Å²) in [7, 11) is 1.63. The van der Waals surface area contributed by atoms with Crippen LogP contribution < -0.4 is 15.4 Å². The number of fused-ring (bicyclic) bond motifs is 1. The summed E-state index contributed by atoms with van der Waals surface area (Å²) in [6.07, 6.45) is 5.23. The summed E-state index contributed by atoms with van der Waals surface area (Å²) in [5, 5.41) is 6.93. The minimum atomic E-state index is -0.221. The minimum absolute atomic E-state index is 0.0108. The Morgan fingerprint density at radius 1 is 1.26 bits per heavy atom. The fourth-order valence-corrected chi connectivity index (χ4v) is 4.12. The molecule has 1 aliphatic heterocycles. The first-order valence-corrected chi connectivity index (χ1v) is 9.93. The third-order valence-corrected chi connectivity index (χ3v) is 5.94. The first kappa shape index (κ1) is 17.9. The predicted molar refractivity (Wildman–Crippen MR) is 109 cm³/mol. The van der Waals surface area contributed by atoms with Crippen molar-refractivity contribution in [2.24, 2.45) is 0 Å². The van der Waals surface area contributed by atoms with Gasteiger partial charge in [0.2, 0.25) is 0 Å². The number of hydrogen-bond acceptors (Lipinski definition) is 3. The molecule has 2 N–H and O–H groups in total. The summed E-state index contributed by atoms with van der Waals surface area (Å²) in [6, 6.07) is 10.3. The van der Waals surface area contributed by atoms with E-state index in [1.54, 1.807) is 7.11 Å². The van der Waals surface area contributed by atoms with Crippen LogP contribution in [0.15, 0.2) is 30.3 Å². The maximum Gasteiger partial charge on any atom is 0.252 e. The van der Waals surface area contributed by atoms with Gasteiger partial charge >= 0.3 is 0 Å². The molecule has 1 heterocycles. The topological polar surface area (TPSA) is 50.4 Å². The third-order valence-electron chi connectivity index (χ3n) is 5.94. The van der Waals surface area contributed by atoms with Crippen molar-refractivity contribution in [3.05, 3.63) is 58.1 Å². The van der Waals surface area contributed by atoms with Gasteiger partial charge in [0.05, 0.1) is 12.6 Å². The van der Waals surface area contributed by atoms with Gasteiger partial charge in [0.25, 0.3) is 5.91 Å². The Bertz CT molecular complexity index is 884. The fourth-order valence-electron chi connectivity index (χ4n) is 4.12. The maximum absolute atomic E-state index is 13.1. The van der Waals surface area contributed by atoms with E-state index in [0.29, 0.717) is 11.3 Å². The highest BCUT2D eigenvalue weighted by molar-refractivity contribution is 5.97. The maximum atomic E-state index is 13.1. The molecule has 1 amide bonds. The van der Waals surface area contributed by atoms with Crippen LogP contribution >= 0.6 is 0 Å². The van der Waals surface area contributed by atoms with Gasteiger partial charge in [-0.15, -0.1) is 0 Å². The molecule has 2 aliphatic rings. The monoisotopic (exact) mass is 364 g/mol. The highest BCUT2D eigenvalue weighted by atomic mass is 16.5. The van der Waals surface area contributed by atoms with E-state index in [4.69, 9.17) is 4.74 Å². The molecule has 0 unspecified atom stereocenters. The van der Waals surface area contributed by atoms with Crippen LogP contribution in [-0.2, 0) is 18.4 Å². The summed E-state index contributed by atoms with van der Waals surface area (Å²) >= 11 is 0. The Kier molecular flexibility index (Phi) is 4.58. The van der Waals surface area contributed by atoms with E-state index in [1.807, 2.05) is 25.1 Å². The lowest BCUT2D eigenvalue weighted by Gasteiger charge is -2.28. The fraction of sp³-hybridized carbons (Fsp3) is 0.435. The van der Waals surface area contributed by atoms with Crippen molar-refractivity contribution in [2.75, 3.05) is 19.0 Å². The van der Waals surface area contributed by atoms with Crippen molar-refractivity contribution >= 4 is 11.6 Å². The van der Waals surface area contributed by atoms with E-state index in [1.165, 1.54) is 22.4 Å². The van der Waals surface area contributed by atoms with Gasteiger partial charge in [0.15, 0.2) is 0 Å². The molecule has 4 heteroatoms. The van der Waals surface area contributed by atoms with Gasteiger partial charge in [-0.1, -0.05) is 19.1 Å². The Balaban J connectivity index is 1.68. The predicted octanol–water partition coefficient (Wildman–Crippen LogP) is 4.34. The van der Waals surface area contributed by atoms with Gasteiger partial charge in [-0.25, -0.2) is 0 Å². The molecule has 27 heavy (non-hydrogen) atoms. The molecule has 0 bridgehead atoms. The van der Waals surface area contributed by atoms with Crippen molar-refractivity contribution in [3.8, 4) is 5.75 Å². The van der Waals surface area contributed by atoms with Crippen molar-refractivity contribution in [3.63, 3.8) is 0 Å². The van der Waals surface area contributed by atoms with Crippen LogP contribution in [0.3, 0.4) is 0 Å². The normalized spacial score (nSPS) is 16.9. The molecule has 0 radical (unpaired) electrons. The van der Waals surface area contributed by atoms with Crippen molar-refractivity contribution in [1.82, 2.24) is 5.32 Å². The van der Waals surface area contributed by atoms with E-state index < -0.39 is 0 Å². The largest absolute Gasteiger partial charge is 0.497 e. The van der Waals surface area contributed by atoms with E-state index in [2.05, 4.69) is 29.7 Å². The second kappa shape index (κ2) is 6.91. The molecule has 2 aromatic rings. The number of amides is 1. The summed E-state index contributed by atoms with van der Waals surface area (Å²) in [5.41, 5.74) is 6.73. The van der Waals surface area contributed by atoms with E-state index in [-0.39, 0.29) is 11.4 Å². The second-order valence-electron chi connectivity index (χ2n) is 7.77. The number of benzene rings is 2. The Morgan fingerprint density at radius 3 is 2.78 bits per heavy atom. The van der Waals surface area contributed by atoms with E-state index in [0.717, 1.165) is 44.2 Å². The zero-order chi connectivity index (χ0) is 19.0. The molecule has 1 aliphatic carbocycles. The average Bonchev–Trinajstić information content (AvgIpc) is 3.47. The number of anilines is 1. The van der Waals surface area contributed by atoms with E-state index in [9.17, 15) is 4.79 Å². The quantitative estimate of drug-likeness (QED) is 0.830. The lowest BCUT2D eigenvalue weighted by Crippen LogP contribution is -2.36. The minimum Gasteiger partial charge on any atom is -0.497 e. The molecule has 4 nitrogen and oxygen atoms in total. The number of methoxy groups -OCH3 is 1. The third kappa shape index (κ3) is 3.29. The number of carbonyl (C=O) groups excluding carboxylic acids is 1. The summed E-state index contributed by atoms with van der Waals surface area (Å²) in [6.45, 7) is 5.19. The summed E-state index contributed by atoms with van der Waals surface area (Å²) < 4.78 is 5.31. The standard InChI is InChI=1S/C23H28N2O2/c1-4-16-12-20(18-6-5-11-24-21(18)13-16)23(9-10-23)25-22(26)19-14-17(27-3)8-7-15(19)2/h7-8,12-14,24H,4-6,9-11H2,1-3H3,(H,25,26). The van der Waals surface area contributed by atoms with Gasteiger partial charge in [-0.05, 0) is 79.5 Å². The molecular formula is C23H28N2O2. The van der Waals surface area contributed by atoms with Gasteiger partial charge in [-0.3, -0.25) is 4.79 Å². The Hall–Kier alpha value is -2.49. The van der Waals surface area contributed by atoms with E-state index >= 15 is 0 Å². The van der Waals surface area contributed by atoms with Crippen LogP contribution in [0.4, 0.5) is 5.69 Å². The lowest BCUT2D eigenvalue weighted by molar-refractivity contribution is 0.0929. The van der Waals surface area contributed by atoms with Gasteiger partial charge in [-0.2, -0.15) is 0 Å². The van der Waals surface area contributed by atoms with Gasteiger partial charge in [0, 0.05) is 17.8 Å². The average molecular weight is 364 g/mol. The van der Waals surface area contributed by atoms with Crippen molar-refractivity contribution in [2.45, 2.75) is 51.5 Å². The molecule has 0 saturated heterocycles. The first-order chi connectivity index (χ1) is 13.1. The van der Waals surface area contributed by atoms with Gasteiger partial charge in [0.1, 0.15) is 5.75 Å². The number of ether oxygens (including phenoxy) is 1. The number of carbonyl (C=O) groups is 1. The smallest absolute Gasteiger partial charge is 0.252 e. The zero-order valence-electron chi connectivity index (χ0n) is 16.4.